The topological polar surface area (TPSA) is 61.5 Å². The van der Waals surface area contributed by atoms with Gasteiger partial charge in [-0.1, -0.05) is 0 Å². The maximum atomic E-state index is 13.2. The summed E-state index contributed by atoms with van der Waals surface area (Å²) in [6.45, 7) is 4.38. The number of H-pyrrole nitrogens is 1. The highest BCUT2D eigenvalue weighted by Gasteiger charge is 2.49. The standard InChI is InChI=1S/C19H30N4O2/c1-22(2)11-14-12-23(13-19(14)7-9-25-10-8-19)18(24)17-15-5-3-4-6-16(15)20-21-17/h14H,3-13H2,1-2H3,(H,20,21). The van der Waals surface area contributed by atoms with Crippen LogP contribution in [0.5, 0.6) is 0 Å². The minimum absolute atomic E-state index is 0.131. The van der Waals surface area contributed by atoms with E-state index >= 15 is 0 Å². The zero-order chi connectivity index (χ0) is 17.4. The Morgan fingerprint density at radius 2 is 2.08 bits per heavy atom. The number of hydrogen-bond acceptors (Lipinski definition) is 4. The van der Waals surface area contributed by atoms with E-state index in [0.717, 1.165) is 65.0 Å². The van der Waals surface area contributed by atoms with E-state index in [-0.39, 0.29) is 11.3 Å². The lowest BCUT2D eigenvalue weighted by atomic mass is 9.72. The van der Waals surface area contributed by atoms with Crippen LogP contribution in [0, 0.1) is 11.3 Å². The molecule has 4 rings (SSSR count). The van der Waals surface area contributed by atoms with Crippen LogP contribution in [0.4, 0.5) is 0 Å². The van der Waals surface area contributed by atoms with Gasteiger partial charge in [-0.25, -0.2) is 0 Å². The molecule has 6 heteroatoms. The van der Waals surface area contributed by atoms with Crippen molar-refractivity contribution in [3.63, 3.8) is 0 Å². The monoisotopic (exact) mass is 346 g/mol. The highest BCUT2D eigenvalue weighted by atomic mass is 16.5. The summed E-state index contributed by atoms with van der Waals surface area (Å²) in [7, 11) is 4.25. The number of ether oxygens (including phenoxy) is 1. The second-order valence-electron chi connectivity index (χ2n) is 8.36. The lowest BCUT2D eigenvalue weighted by molar-refractivity contribution is -0.00453. The van der Waals surface area contributed by atoms with Gasteiger partial charge in [-0.2, -0.15) is 5.10 Å². The molecule has 2 fully saturated rings. The van der Waals surface area contributed by atoms with E-state index in [0.29, 0.717) is 11.6 Å². The van der Waals surface area contributed by atoms with Gasteiger partial charge in [0.05, 0.1) is 0 Å². The molecule has 0 aromatic carbocycles. The van der Waals surface area contributed by atoms with Gasteiger partial charge in [0.25, 0.3) is 5.91 Å². The zero-order valence-corrected chi connectivity index (χ0v) is 15.5. The molecule has 6 nitrogen and oxygen atoms in total. The quantitative estimate of drug-likeness (QED) is 0.905. The molecular formula is C19H30N4O2. The predicted molar refractivity (Wildman–Crippen MR) is 95.7 cm³/mol. The summed E-state index contributed by atoms with van der Waals surface area (Å²) in [6, 6.07) is 0. The van der Waals surface area contributed by atoms with Crippen LogP contribution >= 0.6 is 0 Å². The number of nitrogens with zero attached hydrogens (tertiary/aromatic N) is 3. The first-order valence-corrected chi connectivity index (χ1v) is 9.67. The fourth-order valence-corrected chi connectivity index (χ4v) is 5.03. The number of carbonyl (C=O) groups is 1. The van der Waals surface area contributed by atoms with Crippen molar-refractivity contribution in [2.45, 2.75) is 38.5 Å². The zero-order valence-electron chi connectivity index (χ0n) is 15.5. The summed E-state index contributed by atoms with van der Waals surface area (Å²) in [6.07, 6.45) is 6.50. The molecule has 138 valence electrons. The molecule has 3 heterocycles. The Morgan fingerprint density at radius 3 is 2.84 bits per heavy atom. The Bertz CT molecular complexity index is 633. The van der Waals surface area contributed by atoms with Gasteiger partial charge in [0, 0.05) is 44.1 Å². The number of likely N-dealkylation sites (tertiary alicyclic amines) is 1. The molecule has 0 saturated carbocycles. The number of rotatable bonds is 3. The first kappa shape index (κ1) is 17.0. The van der Waals surface area contributed by atoms with E-state index < -0.39 is 0 Å². The van der Waals surface area contributed by atoms with Crippen molar-refractivity contribution in [3.8, 4) is 0 Å². The smallest absolute Gasteiger partial charge is 0.274 e. The first-order chi connectivity index (χ1) is 12.1. The van der Waals surface area contributed by atoms with Crippen molar-refractivity contribution < 1.29 is 9.53 Å². The third-order valence-corrected chi connectivity index (χ3v) is 6.43. The third kappa shape index (κ3) is 3.10. The summed E-state index contributed by atoms with van der Waals surface area (Å²) in [5.74, 6) is 0.650. The lowest BCUT2D eigenvalue weighted by Crippen LogP contribution is -2.40. The number of nitrogens with one attached hydrogen (secondary N) is 1. The average Bonchev–Trinajstić information content (AvgIpc) is 3.17. The van der Waals surface area contributed by atoms with E-state index in [1.54, 1.807) is 0 Å². The summed E-state index contributed by atoms with van der Waals surface area (Å²) >= 11 is 0. The van der Waals surface area contributed by atoms with Crippen LogP contribution in [-0.2, 0) is 17.6 Å². The number of aryl methyl sites for hydroxylation is 1. The average molecular weight is 346 g/mol. The maximum Gasteiger partial charge on any atom is 0.274 e. The Balaban J connectivity index is 1.56. The van der Waals surface area contributed by atoms with Gasteiger partial charge in [-0.05, 0) is 64.0 Å². The van der Waals surface area contributed by atoms with Crippen molar-refractivity contribution in [1.29, 1.82) is 0 Å². The van der Waals surface area contributed by atoms with Crippen molar-refractivity contribution in [1.82, 2.24) is 20.0 Å². The van der Waals surface area contributed by atoms with Gasteiger partial charge in [0.2, 0.25) is 0 Å². The molecule has 1 unspecified atom stereocenters. The van der Waals surface area contributed by atoms with Gasteiger partial charge in [0.15, 0.2) is 5.69 Å². The van der Waals surface area contributed by atoms with Crippen LogP contribution in [0.15, 0.2) is 0 Å². The fraction of sp³-hybridized carbons (Fsp3) is 0.789. The maximum absolute atomic E-state index is 13.2. The molecule has 1 aromatic rings. The number of aromatic nitrogens is 2. The number of carbonyl (C=O) groups excluding carboxylic acids is 1. The molecule has 1 N–H and O–H groups in total. The van der Waals surface area contributed by atoms with Gasteiger partial charge >= 0.3 is 0 Å². The third-order valence-electron chi connectivity index (χ3n) is 6.43. The summed E-state index contributed by atoms with van der Waals surface area (Å²) in [5, 5.41) is 7.53. The van der Waals surface area contributed by atoms with Crippen molar-refractivity contribution in [2.24, 2.45) is 11.3 Å². The van der Waals surface area contributed by atoms with E-state index in [1.165, 1.54) is 17.7 Å². The molecule has 1 aromatic heterocycles. The minimum atomic E-state index is 0.131. The Hall–Kier alpha value is -1.40. The van der Waals surface area contributed by atoms with Crippen LogP contribution in [0.2, 0.25) is 0 Å². The molecule has 1 aliphatic carbocycles. The molecule has 2 aliphatic heterocycles. The predicted octanol–water partition coefficient (Wildman–Crippen LogP) is 1.72. The van der Waals surface area contributed by atoms with Gasteiger partial charge in [-0.15, -0.1) is 0 Å². The largest absolute Gasteiger partial charge is 0.381 e. The van der Waals surface area contributed by atoms with Gasteiger partial charge in [-0.3, -0.25) is 9.89 Å². The lowest BCUT2D eigenvalue weighted by Gasteiger charge is -2.38. The number of amides is 1. The molecule has 1 amide bonds. The van der Waals surface area contributed by atoms with Crippen LogP contribution in [0.25, 0.3) is 0 Å². The molecule has 1 spiro atoms. The first-order valence-electron chi connectivity index (χ1n) is 9.67. The molecule has 25 heavy (non-hydrogen) atoms. The van der Waals surface area contributed by atoms with Gasteiger partial charge < -0.3 is 14.5 Å². The molecule has 1 atom stereocenters. The van der Waals surface area contributed by atoms with E-state index in [9.17, 15) is 4.79 Å². The van der Waals surface area contributed by atoms with Crippen molar-refractivity contribution in [2.75, 3.05) is 46.9 Å². The highest BCUT2D eigenvalue weighted by molar-refractivity contribution is 5.94. The van der Waals surface area contributed by atoms with E-state index in [2.05, 4.69) is 34.1 Å². The Morgan fingerprint density at radius 1 is 1.32 bits per heavy atom. The molecule has 0 bridgehead atoms. The number of fused-ring (bicyclic) bond motifs is 1. The van der Waals surface area contributed by atoms with Crippen LogP contribution < -0.4 is 0 Å². The molecule has 2 saturated heterocycles. The molecule has 0 radical (unpaired) electrons. The SMILES string of the molecule is CN(C)CC1CN(C(=O)c2n[nH]c3c2CCCC3)CC12CCOCC2. The second-order valence-corrected chi connectivity index (χ2v) is 8.36. The van der Waals surface area contributed by atoms with Crippen LogP contribution in [0.1, 0.15) is 47.4 Å². The van der Waals surface area contributed by atoms with Crippen molar-refractivity contribution in [3.05, 3.63) is 17.0 Å². The van der Waals surface area contributed by atoms with Gasteiger partial charge in [0.1, 0.15) is 0 Å². The highest BCUT2D eigenvalue weighted by Crippen LogP contribution is 2.45. The Kier molecular flexibility index (Phi) is 4.58. The van der Waals surface area contributed by atoms with E-state index in [1.807, 2.05) is 0 Å². The second kappa shape index (κ2) is 6.72. The summed E-state index contributed by atoms with van der Waals surface area (Å²) in [4.78, 5) is 17.6. The van der Waals surface area contributed by atoms with Crippen molar-refractivity contribution >= 4 is 5.91 Å². The molecular weight excluding hydrogens is 316 g/mol. The number of hydrogen-bond donors (Lipinski definition) is 1. The normalized spacial score (nSPS) is 25.6. The number of aromatic amines is 1. The summed E-state index contributed by atoms with van der Waals surface area (Å²) < 4.78 is 5.62. The minimum Gasteiger partial charge on any atom is -0.381 e. The summed E-state index contributed by atoms with van der Waals surface area (Å²) in [5.41, 5.74) is 3.25. The fourth-order valence-electron chi connectivity index (χ4n) is 5.03. The van der Waals surface area contributed by atoms with Crippen LogP contribution in [-0.4, -0.2) is 72.8 Å². The molecule has 3 aliphatic rings. The Labute approximate surface area is 149 Å². The van der Waals surface area contributed by atoms with E-state index in [4.69, 9.17) is 4.74 Å². The van der Waals surface area contributed by atoms with Crippen LogP contribution in [0.3, 0.4) is 0 Å².